The van der Waals surface area contributed by atoms with Crippen LogP contribution in [0.2, 0.25) is 10.0 Å². The molecule has 1 aromatic heterocycles. The SMILES string of the molecule is COCCOC(=O)c1c(C)n([O-])c2cc(Cl)c(Cl)cc2[n+]1=O. The lowest BCUT2D eigenvalue weighted by Crippen LogP contribution is -2.31. The molecular weight excluding hydrogens is 335 g/mol. The van der Waals surface area contributed by atoms with Gasteiger partial charge in [-0.15, -0.1) is 0 Å². The number of ether oxygens (including phenoxy) is 2. The first-order chi connectivity index (χ1) is 10.4. The predicted octanol–water partition coefficient (Wildman–Crippen LogP) is 2.32. The van der Waals surface area contributed by atoms with E-state index >= 15 is 0 Å². The maximum absolute atomic E-state index is 12.4. The van der Waals surface area contributed by atoms with Crippen LogP contribution < -0.4 is 4.43 Å². The molecule has 0 aliphatic heterocycles. The molecule has 1 aromatic carbocycles. The third kappa shape index (κ3) is 2.87. The van der Waals surface area contributed by atoms with Crippen molar-refractivity contribution in [2.75, 3.05) is 20.3 Å². The van der Waals surface area contributed by atoms with E-state index in [1.807, 2.05) is 0 Å². The van der Waals surface area contributed by atoms with Crippen molar-refractivity contribution in [3.8, 4) is 0 Å². The fraction of sp³-hybridized carbons (Fsp3) is 0.308. The maximum atomic E-state index is 12.4. The summed E-state index contributed by atoms with van der Waals surface area (Å²) in [6.45, 7) is 1.49. The largest absolute Gasteiger partial charge is 0.805 e. The van der Waals surface area contributed by atoms with Gasteiger partial charge in [0.1, 0.15) is 12.1 Å². The van der Waals surface area contributed by atoms with Crippen molar-refractivity contribution < 1.29 is 18.7 Å². The molecule has 0 aliphatic rings. The maximum Gasteiger partial charge on any atom is 0.410 e. The molecule has 2 rings (SSSR count). The second kappa shape index (κ2) is 6.51. The number of rotatable bonds is 4. The van der Waals surface area contributed by atoms with Gasteiger partial charge >= 0.3 is 11.7 Å². The fourth-order valence-electron chi connectivity index (χ4n) is 1.91. The van der Waals surface area contributed by atoms with Gasteiger partial charge < -0.3 is 19.4 Å². The van der Waals surface area contributed by atoms with Crippen molar-refractivity contribution in [3.63, 3.8) is 0 Å². The van der Waals surface area contributed by atoms with Crippen LogP contribution in [-0.4, -0.2) is 31.0 Å². The Bertz CT molecular complexity index is 803. The summed E-state index contributed by atoms with van der Waals surface area (Å²) in [5.41, 5.74) is -0.565. The van der Waals surface area contributed by atoms with Crippen LogP contribution in [0.4, 0.5) is 0 Å². The third-order valence-corrected chi connectivity index (χ3v) is 3.74. The second-order valence-electron chi connectivity index (χ2n) is 4.41. The van der Waals surface area contributed by atoms with Crippen LogP contribution in [0.15, 0.2) is 12.1 Å². The summed E-state index contributed by atoms with van der Waals surface area (Å²) in [5.74, 6) is -0.915. The molecule has 0 radical (unpaired) electrons. The molecule has 0 unspecified atom stereocenters. The average Bonchev–Trinajstić information content (AvgIpc) is 2.47. The Morgan fingerprint density at radius 3 is 2.59 bits per heavy atom. The molecule has 0 saturated carbocycles. The Hall–Kier alpha value is -1.83. The highest BCUT2D eigenvalue weighted by Crippen LogP contribution is 2.27. The Morgan fingerprint density at radius 2 is 1.95 bits per heavy atom. The summed E-state index contributed by atoms with van der Waals surface area (Å²) in [4.78, 5) is 24.4. The summed E-state index contributed by atoms with van der Waals surface area (Å²) in [6.07, 6.45) is 0. The highest BCUT2D eigenvalue weighted by molar-refractivity contribution is 6.42. The van der Waals surface area contributed by atoms with Gasteiger partial charge in [-0.3, -0.25) is 0 Å². The topological polar surface area (TPSA) is 86.5 Å². The molecule has 22 heavy (non-hydrogen) atoms. The molecule has 0 fully saturated rings. The molecule has 2 aromatic rings. The van der Waals surface area contributed by atoms with Crippen molar-refractivity contribution in [1.82, 2.24) is 4.73 Å². The van der Waals surface area contributed by atoms with Gasteiger partial charge in [-0.05, 0) is 13.0 Å². The van der Waals surface area contributed by atoms with Gasteiger partial charge in [0, 0.05) is 18.1 Å². The summed E-state index contributed by atoms with van der Waals surface area (Å²) < 4.78 is 10.4. The van der Waals surface area contributed by atoms with Crippen molar-refractivity contribution in [1.29, 1.82) is 0 Å². The first-order valence-electron chi connectivity index (χ1n) is 6.19. The lowest BCUT2D eigenvalue weighted by molar-refractivity contribution is -0.469. The molecule has 118 valence electrons. The molecule has 7 nitrogen and oxygen atoms in total. The summed E-state index contributed by atoms with van der Waals surface area (Å²) in [5, 5.41) is 12.5. The lowest BCUT2D eigenvalue weighted by atomic mass is 10.2. The quantitative estimate of drug-likeness (QED) is 0.481. The molecule has 0 N–H and O–H groups in total. The molecule has 0 spiro atoms. The Balaban J connectivity index is 2.63. The molecule has 0 amide bonds. The van der Waals surface area contributed by atoms with Crippen molar-refractivity contribution in [2.45, 2.75) is 6.92 Å². The highest BCUT2D eigenvalue weighted by Gasteiger charge is 2.29. The average molecular weight is 347 g/mol. The van der Waals surface area contributed by atoms with Gasteiger partial charge in [0.25, 0.3) is 5.52 Å². The Labute approximate surface area is 135 Å². The third-order valence-electron chi connectivity index (χ3n) is 3.02. The number of halogens is 2. The normalized spacial score (nSPS) is 10.9. The van der Waals surface area contributed by atoms with Crippen molar-refractivity contribution in [3.05, 3.63) is 43.7 Å². The minimum Gasteiger partial charge on any atom is -0.805 e. The van der Waals surface area contributed by atoms with E-state index in [1.165, 1.54) is 26.2 Å². The van der Waals surface area contributed by atoms with Crippen LogP contribution in [0.5, 0.6) is 0 Å². The smallest absolute Gasteiger partial charge is 0.410 e. The number of fused-ring (bicyclic) bond motifs is 1. The number of carbonyl (C=O) groups is 1. The van der Waals surface area contributed by atoms with Gasteiger partial charge in [-0.25, -0.2) is 4.79 Å². The molecular formula is C13H12Cl2N2O5. The zero-order valence-corrected chi connectivity index (χ0v) is 13.3. The number of hydrogen-bond donors (Lipinski definition) is 0. The Morgan fingerprint density at radius 1 is 1.32 bits per heavy atom. The molecule has 0 bridgehead atoms. The fourth-order valence-corrected chi connectivity index (χ4v) is 2.23. The van der Waals surface area contributed by atoms with Crippen LogP contribution in [0.3, 0.4) is 0 Å². The minimum atomic E-state index is -0.915. The summed E-state index contributed by atoms with van der Waals surface area (Å²) >= 11 is 11.7. The summed E-state index contributed by atoms with van der Waals surface area (Å²) in [6, 6.07) is 2.50. The van der Waals surface area contributed by atoms with Gasteiger partial charge in [-0.2, -0.15) is 0 Å². The van der Waals surface area contributed by atoms with Crippen molar-refractivity contribution in [2.24, 2.45) is 0 Å². The molecule has 1 heterocycles. The van der Waals surface area contributed by atoms with E-state index in [0.717, 1.165) is 0 Å². The first kappa shape index (κ1) is 16.5. The van der Waals surface area contributed by atoms with E-state index in [1.54, 1.807) is 0 Å². The summed E-state index contributed by atoms with van der Waals surface area (Å²) in [7, 11) is 1.44. The van der Waals surface area contributed by atoms with Crippen LogP contribution in [0.1, 0.15) is 16.2 Å². The number of benzene rings is 1. The monoisotopic (exact) mass is 346 g/mol. The second-order valence-corrected chi connectivity index (χ2v) is 5.22. The number of methoxy groups -OCH3 is 1. The zero-order valence-electron chi connectivity index (χ0n) is 11.8. The molecule has 0 saturated heterocycles. The van der Waals surface area contributed by atoms with E-state index in [-0.39, 0.29) is 40.0 Å². The number of carbonyl (C=O) groups excluding carboxylic acids is 1. The van der Waals surface area contributed by atoms with Crippen LogP contribution in [0.25, 0.3) is 11.0 Å². The van der Waals surface area contributed by atoms with E-state index in [2.05, 4.69) is 0 Å². The van der Waals surface area contributed by atoms with E-state index in [0.29, 0.717) is 9.16 Å². The lowest BCUT2D eigenvalue weighted by Gasteiger charge is -2.16. The first-order valence-corrected chi connectivity index (χ1v) is 6.94. The van der Waals surface area contributed by atoms with Gasteiger partial charge in [0.15, 0.2) is 0 Å². The van der Waals surface area contributed by atoms with Crippen molar-refractivity contribution >= 4 is 40.2 Å². The Kier molecular flexibility index (Phi) is 4.90. The number of nitrogens with zero attached hydrogens (tertiary/aromatic N) is 2. The van der Waals surface area contributed by atoms with E-state index in [4.69, 9.17) is 32.7 Å². The van der Waals surface area contributed by atoms with Gasteiger partial charge in [0.2, 0.25) is 0 Å². The molecule has 0 atom stereocenters. The van der Waals surface area contributed by atoms with Crippen LogP contribution in [0, 0.1) is 17.0 Å². The van der Waals surface area contributed by atoms with Crippen LogP contribution in [-0.2, 0) is 9.47 Å². The highest BCUT2D eigenvalue weighted by atomic mass is 35.5. The van der Waals surface area contributed by atoms with Gasteiger partial charge in [0.05, 0.1) is 26.8 Å². The number of aromatic nitrogens is 2. The number of hydrogen-bond acceptors (Lipinski definition) is 5. The molecule has 9 heteroatoms. The van der Waals surface area contributed by atoms with E-state index < -0.39 is 11.7 Å². The van der Waals surface area contributed by atoms with Gasteiger partial charge in [-0.1, -0.05) is 23.2 Å². The predicted molar refractivity (Wildman–Crippen MR) is 81.0 cm³/mol. The molecule has 0 aliphatic carbocycles. The van der Waals surface area contributed by atoms with E-state index in [9.17, 15) is 14.9 Å². The van der Waals surface area contributed by atoms with Crippen LogP contribution >= 0.6 is 23.2 Å². The standard InChI is InChI=1S/C13H12Cl2N2O5/c1-7-12(13(18)22-4-3-21-2)17(20)11-6-9(15)8(14)5-10(11)16(7)19/h5-6H,3-4H2,1-2H3. The zero-order chi connectivity index (χ0) is 16.4. The minimum absolute atomic E-state index is 0.00958. The number of esters is 1.